The Morgan fingerprint density at radius 3 is 1.29 bits per heavy atom. The maximum atomic E-state index is 5.54. The first-order valence-corrected chi connectivity index (χ1v) is 15.3. The molecule has 188 valence electrons. The molecular formula is C26H57NO3Si. The van der Waals surface area contributed by atoms with Gasteiger partial charge >= 0.3 is 8.80 Å². The second-order valence-corrected chi connectivity index (χ2v) is 13.0. The highest BCUT2D eigenvalue weighted by Gasteiger charge is 2.39. The van der Waals surface area contributed by atoms with Crippen LogP contribution in [0.5, 0.6) is 0 Å². The summed E-state index contributed by atoms with van der Waals surface area (Å²) in [7, 11) is 2.61. The van der Waals surface area contributed by atoms with Gasteiger partial charge in [0, 0.05) is 32.9 Å². The molecule has 0 aromatic rings. The molecule has 0 unspecified atom stereocenters. The van der Waals surface area contributed by atoms with E-state index in [0.29, 0.717) is 0 Å². The molecule has 0 fully saturated rings. The zero-order chi connectivity index (χ0) is 23.3. The first-order valence-electron chi connectivity index (χ1n) is 13.4. The maximum absolute atomic E-state index is 5.54. The van der Waals surface area contributed by atoms with Gasteiger partial charge in [-0.2, -0.15) is 0 Å². The number of hydrogen-bond acceptors (Lipinski definition) is 4. The van der Waals surface area contributed by atoms with Crippen molar-refractivity contribution in [1.29, 1.82) is 0 Å². The molecule has 0 spiro atoms. The summed E-state index contributed by atoms with van der Waals surface area (Å²) in [6, 6.07) is 0.843. The van der Waals surface area contributed by atoms with Crippen LogP contribution in [0.3, 0.4) is 0 Å². The summed E-state index contributed by atoms with van der Waals surface area (Å²) >= 11 is 0. The minimum Gasteiger partial charge on any atom is -0.377 e. The summed E-state index contributed by atoms with van der Waals surface area (Å²) in [5.41, 5.74) is 0.0867. The second-order valence-electron chi connectivity index (χ2n) is 9.91. The quantitative estimate of drug-likeness (QED) is 0.118. The van der Waals surface area contributed by atoms with Gasteiger partial charge in [-0.05, 0) is 33.2 Å². The van der Waals surface area contributed by atoms with E-state index >= 15 is 0 Å². The van der Waals surface area contributed by atoms with E-state index in [2.05, 4.69) is 26.1 Å². The van der Waals surface area contributed by atoms with E-state index in [4.69, 9.17) is 13.3 Å². The minimum absolute atomic E-state index is 0.0867. The van der Waals surface area contributed by atoms with E-state index in [1.807, 2.05) is 0 Å². The highest BCUT2D eigenvalue weighted by molar-refractivity contribution is 6.60. The summed E-state index contributed by atoms with van der Waals surface area (Å²) in [5, 5.41) is 3.71. The van der Waals surface area contributed by atoms with Gasteiger partial charge < -0.3 is 18.6 Å². The number of rotatable bonds is 24. The van der Waals surface area contributed by atoms with Crippen molar-refractivity contribution in [1.82, 2.24) is 5.32 Å². The van der Waals surface area contributed by atoms with Crippen molar-refractivity contribution in [2.75, 3.05) is 27.9 Å². The molecule has 31 heavy (non-hydrogen) atoms. The van der Waals surface area contributed by atoms with Gasteiger partial charge in [-0.1, -0.05) is 103 Å². The van der Waals surface area contributed by atoms with Gasteiger partial charge in [-0.15, -0.1) is 0 Å². The van der Waals surface area contributed by atoms with Crippen molar-refractivity contribution < 1.29 is 13.3 Å². The van der Waals surface area contributed by atoms with Crippen molar-refractivity contribution >= 4 is 8.80 Å². The first-order chi connectivity index (χ1) is 14.9. The molecular weight excluding hydrogens is 402 g/mol. The standard InChI is InChI=1S/C26H57NO3Si/c1-7-8-9-10-11-12-13-14-15-16-17-18-19-20-21-22-24-27-26(2,3)23-25-31(28-4,29-5)30-6/h27H,7-25H2,1-6H3. The Morgan fingerprint density at radius 2 is 0.935 bits per heavy atom. The van der Waals surface area contributed by atoms with Gasteiger partial charge in [-0.25, -0.2) is 0 Å². The van der Waals surface area contributed by atoms with E-state index in [-0.39, 0.29) is 5.54 Å². The average Bonchev–Trinajstić information content (AvgIpc) is 2.77. The molecule has 0 amide bonds. The fourth-order valence-corrected chi connectivity index (χ4v) is 6.25. The van der Waals surface area contributed by atoms with Crippen molar-refractivity contribution in [2.45, 2.75) is 142 Å². The maximum Gasteiger partial charge on any atom is 0.500 e. The lowest BCUT2D eigenvalue weighted by Crippen LogP contribution is -2.47. The summed E-state index contributed by atoms with van der Waals surface area (Å²) in [5.74, 6) is 0. The highest BCUT2D eigenvalue weighted by atomic mass is 28.4. The molecule has 0 rings (SSSR count). The predicted octanol–water partition coefficient (Wildman–Crippen LogP) is 7.88. The fourth-order valence-electron chi connectivity index (χ4n) is 4.21. The third-order valence-corrected chi connectivity index (χ3v) is 9.35. The Bertz CT molecular complexity index is 367. The fraction of sp³-hybridized carbons (Fsp3) is 1.00. The zero-order valence-electron chi connectivity index (χ0n) is 22.2. The van der Waals surface area contributed by atoms with E-state index in [1.165, 1.54) is 103 Å². The van der Waals surface area contributed by atoms with Gasteiger partial charge in [-0.3, -0.25) is 0 Å². The van der Waals surface area contributed by atoms with Crippen LogP contribution in [0.4, 0.5) is 0 Å². The SMILES string of the molecule is CCCCCCCCCCCCCCCCCCNC(C)(C)CC[Si](OC)(OC)OC. The van der Waals surface area contributed by atoms with E-state index in [9.17, 15) is 0 Å². The second kappa shape index (κ2) is 20.6. The van der Waals surface area contributed by atoms with Gasteiger partial charge in [0.15, 0.2) is 0 Å². The largest absolute Gasteiger partial charge is 0.500 e. The monoisotopic (exact) mass is 459 g/mol. The molecule has 0 aliphatic carbocycles. The lowest BCUT2D eigenvalue weighted by atomic mass is 10.0. The Kier molecular flexibility index (Phi) is 20.7. The molecule has 0 aliphatic rings. The molecule has 5 heteroatoms. The average molecular weight is 460 g/mol. The number of hydrogen-bond donors (Lipinski definition) is 1. The van der Waals surface area contributed by atoms with Crippen LogP contribution in [0.2, 0.25) is 6.04 Å². The number of nitrogens with one attached hydrogen (secondary N) is 1. The van der Waals surface area contributed by atoms with Crippen LogP contribution in [0, 0.1) is 0 Å². The Hall–Kier alpha value is 0.0569. The molecule has 0 aromatic carbocycles. The molecule has 0 heterocycles. The van der Waals surface area contributed by atoms with Crippen LogP contribution < -0.4 is 5.32 Å². The van der Waals surface area contributed by atoms with Crippen LogP contribution in [-0.4, -0.2) is 42.2 Å². The Balaban J connectivity index is 3.45. The van der Waals surface area contributed by atoms with Gasteiger partial charge in [0.25, 0.3) is 0 Å². The van der Waals surface area contributed by atoms with Gasteiger partial charge in [0.05, 0.1) is 0 Å². The molecule has 0 aliphatic heterocycles. The topological polar surface area (TPSA) is 39.7 Å². The summed E-state index contributed by atoms with van der Waals surface area (Å²) < 4.78 is 16.6. The van der Waals surface area contributed by atoms with E-state index in [0.717, 1.165) is 19.0 Å². The smallest absolute Gasteiger partial charge is 0.377 e. The summed E-state index contributed by atoms with van der Waals surface area (Å²) in [4.78, 5) is 0. The Morgan fingerprint density at radius 1 is 0.581 bits per heavy atom. The molecule has 0 saturated heterocycles. The van der Waals surface area contributed by atoms with Crippen molar-refractivity contribution in [2.24, 2.45) is 0 Å². The van der Waals surface area contributed by atoms with Crippen molar-refractivity contribution in [3.8, 4) is 0 Å². The van der Waals surface area contributed by atoms with Crippen molar-refractivity contribution in [3.05, 3.63) is 0 Å². The molecule has 0 atom stereocenters. The van der Waals surface area contributed by atoms with Crippen LogP contribution in [0.25, 0.3) is 0 Å². The molecule has 0 radical (unpaired) electrons. The normalized spacial score (nSPS) is 12.6. The third-order valence-electron chi connectivity index (χ3n) is 6.62. The molecule has 0 aromatic heterocycles. The molecule has 4 nitrogen and oxygen atoms in total. The van der Waals surface area contributed by atoms with Gasteiger partial charge in [0.1, 0.15) is 0 Å². The molecule has 0 saturated carbocycles. The highest BCUT2D eigenvalue weighted by Crippen LogP contribution is 2.21. The van der Waals surface area contributed by atoms with Crippen molar-refractivity contribution in [3.63, 3.8) is 0 Å². The molecule has 0 bridgehead atoms. The van der Waals surface area contributed by atoms with Gasteiger partial charge in [0.2, 0.25) is 0 Å². The van der Waals surface area contributed by atoms with Crippen LogP contribution in [-0.2, 0) is 13.3 Å². The summed E-state index contributed by atoms with van der Waals surface area (Å²) in [6.07, 6.45) is 23.7. The van der Waals surface area contributed by atoms with E-state index < -0.39 is 8.80 Å². The predicted molar refractivity (Wildman–Crippen MR) is 138 cm³/mol. The Labute approximate surface area is 197 Å². The summed E-state index contributed by atoms with van der Waals surface area (Å²) in [6.45, 7) is 7.91. The van der Waals surface area contributed by atoms with Crippen LogP contribution in [0.15, 0.2) is 0 Å². The lowest BCUT2D eigenvalue weighted by molar-refractivity contribution is 0.120. The minimum atomic E-state index is -2.46. The van der Waals surface area contributed by atoms with Crippen LogP contribution >= 0.6 is 0 Å². The molecule has 1 N–H and O–H groups in total. The van der Waals surface area contributed by atoms with E-state index in [1.54, 1.807) is 21.3 Å². The lowest BCUT2D eigenvalue weighted by Gasteiger charge is -2.31. The zero-order valence-corrected chi connectivity index (χ0v) is 23.2. The van der Waals surface area contributed by atoms with Crippen LogP contribution in [0.1, 0.15) is 130 Å². The number of unbranched alkanes of at least 4 members (excludes halogenated alkanes) is 15. The first kappa shape index (κ1) is 31.1. The third kappa shape index (κ3) is 18.2.